The second-order valence-corrected chi connectivity index (χ2v) is 7.94. The average molecular weight is 427 g/mol. The van der Waals surface area contributed by atoms with Crippen LogP contribution < -0.4 is 4.80 Å². The summed E-state index contributed by atoms with van der Waals surface area (Å²) in [6.07, 6.45) is 0. The summed E-state index contributed by atoms with van der Waals surface area (Å²) in [4.78, 5) is 29.9. The zero-order valence-corrected chi connectivity index (χ0v) is 18.5. The molecule has 3 aromatic rings. The van der Waals surface area contributed by atoms with E-state index >= 15 is 0 Å². The lowest BCUT2D eigenvalue weighted by atomic mass is 10.1. The topological polar surface area (TPSA) is 69.9 Å². The van der Waals surface area contributed by atoms with E-state index in [1.165, 1.54) is 11.3 Å². The Morgan fingerprint density at radius 2 is 1.73 bits per heavy atom. The third kappa shape index (κ3) is 5.04. The average Bonchev–Trinajstić information content (AvgIpc) is 3.04. The first-order chi connectivity index (χ1) is 14.4. The Morgan fingerprint density at radius 3 is 2.40 bits per heavy atom. The Morgan fingerprint density at radius 1 is 1.00 bits per heavy atom. The number of rotatable bonds is 7. The van der Waals surface area contributed by atoms with E-state index in [-0.39, 0.29) is 11.9 Å². The Labute approximate surface area is 179 Å². The van der Waals surface area contributed by atoms with Gasteiger partial charge >= 0.3 is 5.97 Å². The van der Waals surface area contributed by atoms with Crippen molar-refractivity contribution < 1.29 is 19.1 Å². The molecule has 0 spiro atoms. The fourth-order valence-corrected chi connectivity index (χ4v) is 4.36. The zero-order chi connectivity index (χ0) is 21.7. The molecule has 0 aliphatic heterocycles. The zero-order valence-electron chi connectivity index (χ0n) is 17.7. The Bertz CT molecular complexity index is 1120. The van der Waals surface area contributed by atoms with Crippen LogP contribution in [0.2, 0.25) is 0 Å². The summed E-state index contributed by atoms with van der Waals surface area (Å²) in [6.45, 7) is 9.64. The molecule has 0 aliphatic carbocycles. The van der Waals surface area contributed by atoms with Crippen LogP contribution in [0.3, 0.4) is 0 Å². The number of nitrogens with zero attached hydrogens (tertiary/aromatic N) is 2. The van der Waals surface area contributed by atoms with E-state index in [9.17, 15) is 9.59 Å². The molecule has 1 amide bonds. The standard InChI is InChI=1S/C23H26N2O4S/c1-5-28-10-9-25-19-8-7-17(22(27)29-6-2)14-20(19)30-23(25)24-21(26)18-12-15(3)11-16(4)13-18/h7-8,11-14H,5-6,9-10H2,1-4H3. The summed E-state index contributed by atoms with van der Waals surface area (Å²) < 4.78 is 13.4. The third-order valence-electron chi connectivity index (χ3n) is 4.52. The van der Waals surface area contributed by atoms with Gasteiger partial charge < -0.3 is 14.0 Å². The monoisotopic (exact) mass is 426 g/mol. The fourth-order valence-electron chi connectivity index (χ4n) is 3.27. The molecule has 0 saturated heterocycles. The van der Waals surface area contributed by atoms with E-state index in [0.29, 0.717) is 42.3 Å². The molecule has 1 heterocycles. The minimum Gasteiger partial charge on any atom is -0.462 e. The number of esters is 1. The minimum atomic E-state index is -0.363. The van der Waals surface area contributed by atoms with E-state index in [1.54, 1.807) is 19.1 Å². The molecule has 7 heteroatoms. The molecule has 0 unspecified atom stereocenters. The number of hydrogen-bond donors (Lipinski definition) is 0. The van der Waals surface area contributed by atoms with Gasteiger partial charge in [-0.2, -0.15) is 4.99 Å². The van der Waals surface area contributed by atoms with Crippen LogP contribution in [-0.2, 0) is 16.0 Å². The van der Waals surface area contributed by atoms with Crippen LogP contribution in [0.15, 0.2) is 41.4 Å². The van der Waals surface area contributed by atoms with Gasteiger partial charge in [0, 0.05) is 18.7 Å². The van der Waals surface area contributed by atoms with Crippen molar-refractivity contribution in [3.8, 4) is 0 Å². The van der Waals surface area contributed by atoms with Gasteiger partial charge in [-0.15, -0.1) is 0 Å². The van der Waals surface area contributed by atoms with E-state index in [0.717, 1.165) is 21.3 Å². The van der Waals surface area contributed by atoms with Crippen LogP contribution in [0.4, 0.5) is 0 Å². The number of thiazole rings is 1. The van der Waals surface area contributed by atoms with Gasteiger partial charge in [-0.1, -0.05) is 28.5 Å². The van der Waals surface area contributed by atoms with Gasteiger partial charge in [-0.3, -0.25) is 4.79 Å². The van der Waals surface area contributed by atoms with Crippen molar-refractivity contribution in [3.63, 3.8) is 0 Å². The summed E-state index contributed by atoms with van der Waals surface area (Å²) in [5.74, 6) is -0.650. The van der Waals surface area contributed by atoms with Crippen molar-refractivity contribution in [1.82, 2.24) is 4.57 Å². The van der Waals surface area contributed by atoms with Crippen molar-refractivity contribution in [2.24, 2.45) is 4.99 Å². The number of carbonyl (C=O) groups is 2. The van der Waals surface area contributed by atoms with Crippen LogP contribution in [0, 0.1) is 13.8 Å². The Hall–Kier alpha value is -2.77. The molecule has 0 bridgehead atoms. The summed E-state index contributed by atoms with van der Waals surface area (Å²) >= 11 is 1.38. The quantitative estimate of drug-likeness (QED) is 0.418. The van der Waals surface area contributed by atoms with Crippen molar-refractivity contribution in [2.75, 3.05) is 19.8 Å². The number of hydrogen-bond acceptors (Lipinski definition) is 5. The van der Waals surface area contributed by atoms with Gasteiger partial charge in [0.1, 0.15) is 0 Å². The predicted octanol–water partition coefficient (Wildman–Crippen LogP) is 4.27. The first kappa shape index (κ1) is 21.9. The highest BCUT2D eigenvalue weighted by Gasteiger charge is 2.13. The van der Waals surface area contributed by atoms with Crippen LogP contribution in [0.25, 0.3) is 10.2 Å². The number of amides is 1. The van der Waals surface area contributed by atoms with E-state index < -0.39 is 0 Å². The molecule has 1 aromatic heterocycles. The maximum atomic E-state index is 12.9. The highest BCUT2D eigenvalue weighted by Crippen LogP contribution is 2.20. The van der Waals surface area contributed by atoms with E-state index in [4.69, 9.17) is 9.47 Å². The first-order valence-corrected chi connectivity index (χ1v) is 10.8. The van der Waals surface area contributed by atoms with Crippen molar-refractivity contribution in [2.45, 2.75) is 34.2 Å². The maximum absolute atomic E-state index is 12.9. The number of fused-ring (bicyclic) bond motifs is 1. The van der Waals surface area contributed by atoms with Gasteiger partial charge in [-0.05, 0) is 58.0 Å². The molecule has 0 atom stereocenters. The molecule has 0 radical (unpaired) electrons. The van der Waals surface area contributed by atoms with Crippen LogP contribution >= 0.6 is 11.3 Å². The predicted molar refractivity (Wildman–Crippen MR) is 118 cm³/mol. The van der Waals surface area contributed by atoms with Gasteiger partial charge in [0.15, 0.2) is 4.80 Å². The molecule has 2 aromatic carbocycles. The lowest BCUT2D eigenvalue weighted by molar-refractivity contribution is 0.0526. The van der Waals surface area contributed by atoms with Crippen molar-refractivity contribution in [3.05, 3.63) is 63.5 Å². The van der Waals surface area contributed by atoms with Gasteiger partial charge in [0.2, 0.25) is 0 Å². The molecule has 3 rings (SSSR count). The number of aromatic nitrogens is 1. The molecule has 0 aliphatic rings. The summed E-state index contributed by atoms with van der Waals surface area (Å²) in [7, 11) is 0. The Balaban J connectivity index is 2.08. The molecular formula is C23H26N2O4S. The number of ether oxygens (including phenoxy) is 2. The largest absolute Gasteiger partial charge is 0.462 e. The molecule has 6 nitrogen and oxygen atoms in total. The van der Waals surface area contributed by atoms with Gasteiger partial charge in [-0.25, -0.2) is 4.79 Å². The number of benzene rings is 2. The minimum absolute atomic E-state index is 0.288. The summed E-state index contributed by atoms with van der Waals surface area (Å²) in [6, 6.07) is 11.1. The summed E-state index contributed by atoms with van der Waals surface area (Å²) in [5.41, 5.74) is 3.99. The van der Waals surface area contributed by atoms with Gasteiger partial charge in [0.05, 0.1) is 29.0 Å². The molecule has 158 valence electrons. The van der Waals surface area contributed by atoms with Crippen LogP contribution in [0.5, 0.6) is 0 Å². The van der Waals surface area contributed by atoms with Gasteiger partial charge in [0.25, 0.3) is 5.91 Å². The number of aryl methyl sites for hydroxylation is 2. The van der Waals surface area contributed by atoms with Crippen LogP contribution in [0.1, 0.15) is 45.7 Å². The second-order valence-electron chi connectivity index (χ2n) is 6.93. The Kier molecular flexibility index (Phi) is 7.18. The smallest absolute Gasteiger partial charge is 0.338 e. The van der Waals surface area contributed by atoms with Crippen molar-refractivity contribution in [1.29, 1.82) is 0 Å². The third-order valence-corrected chi connectivity index (χ3v) is 5.56. The molecule has 30 heavy (non-hydrogen) atoms. The highest BCUT2D eigenvalue weighted by atomic mass is 32.1. The normalized spacial score (nSPS) is 11.8. The molecule has 0 fully saturated rings. The second kappa shape index (κ2) is 9.82. The lowest BCUT2D eigenvalue weighted by Crippen LogP contribution is -2.19. The highest BCUT2D eigenvalue weighted by molar-refractivity contribution is 7.16. The molecule has 0 N–H and O–H groups in total. The maximum Gasteiger partial charge on any atom is 0.338 e. The molecular weight excluding hydrogens is 400 g/mol. The van der Waals surface area contributed by atoms with E-state index in [1.807, 2.05) is 49.6 Å². The van der Waals surface area contributed by atoms with E-state index in [2.05, 4.69) is 4.99 Å². The fraction of sp³-hybridized carbons (Fsp3) is 0.348. The molecule has 0 saturated carbocycles. The lowest BCUT2D eigenvalue weighted by Gasteiger charge is -2.06. The first-order valence-electron chi connectivity index (χ1n) is 9.98. The van der Waals surface area contributed by atoms with Crippen LogP contribution in [-0.4, -0.2) is 36.3 Å². The summed E-state index contributed by atoms with van der Waals surface area (Å²) in [5, 5.41) is 0. The SMILES string of the molecule is CCOCCn1c(=NC(=O)c2cc(C)cc(C)c2)sc2cc(C(=O)OCC)ccc21. The van der Waals surface area contributed by atoms with Crippen molar-refractivity contribution >= 4 is 33.4 Å². The number of carbonyl (C=O) groups excluding carboxylic acids is 2.